The number of carbonyl (C=O) groups is 1. The van der Waals surface area contributed by atoms with E-state index < -0.39 is 0 Å². The molecule has 2 unspecified atom stereocenters. The highest BCUT2D eigenvalue weighted by atomic mass is 35.5. The van der Waals surface area contributed by atoms with Gasteiger partial charge in [0.05, 0.1) is 17.9 Å². The molecule has 102 valence electrons. The second kappa shape index (κ2) is 5.02. The normalized spacial score (nSPS) is 25.7. The van der Waals surface area contributed by atoms with Crippen molar-refractivity contribution in [2.75, 3.05) is 24.1 Å². The molecule has 1 saturated carbocycles. The number of nitrogens with two attached hydrogens (primary N) is 1. The Balaban J connectivity index is 1.59. The Labute approximate surface area is 117 Å². The summed E-state index contributed by atoms with van der Waals surface area (Å²) in [6.07, 6.45) is 3.82. The summed E-state index contributed by atoms with van der Waals surface area (Å²) >= 11 is 5.83. The van der Waals surface area contributed by atoms with Crippen molar-refractivity contribution in [3.63, 3.8) is 0 Å². The smallest absolute Gasteiger partial charge is 0.238 e. The van der Waals surface area contributed by atoms with Crippen molar-refractivity contribution in [2.24, 2.45) is 5.92 Å². The lowest BCUT2D eigenvalue weighted by Gasteiger charge is -2.26. The highest BCUT2D eigenvalue weighted by molar-refractivity contribution is 6.31. The quantitative estimate of drug-likeness (QED) is 0.835. The van der Waals surface area contributed by atoms with E-state index in [-0.39, 0.29) is 5.91 Å². The third kappa shape index (κ3) is 2.69. The molecule has 1 aliphatic heterocycles. The molecule has 3 rings (SSSR count). The maximum absolute atomic E-state index is 12.0. The number of anilines is 2. The highest BCUT2D eigenvalue weighted by Crippen LogP contribution is 2.37. The molecule has 1 aliphatic carbocycles. The van der Waals surface area contributed by atoms with Crippen LogP contribution in [0.3, 0.4) is 0 Å². The number of amides is 1. The van der Waals surface area contributed by atoms with E-state index in [0.29, 0.717) is 29.0 Å². The summed E-state index contributed by atoms with van der Waals surface area (Å²) in [6, 6.07) is 5.73. The minimum atomic E-state index is 0.00146. The van der Waals surface area contributed by atoms with Crippen LogP contribution in [0.25, 0.3) is 0 Å². The lowest BCUT2D eigenvalue weighted by molar-refractivity contribution is -0.117. The molecule has 4 nitrogen and oxygen atoms in total. The van der Waals surface area contributed by atoms with Gasteiger partial charge in [0.2, 0.25) is 5.91 Å². The van der Waals surface area contributed by atoms with Crippen LogP contribution in [0.2, 0.25) is 5.02 Å². The molecule has 1 aromatic carbocycles. The molecule has 2 aliphatic rings. The number of likely N-dealkylation sites (tertiary alicyclic amines) is 1. The lowest BCUT2D eigenvalue weighted by Crippen LogP contribution is -2.38. The number of rotatable bonds is 3. The average Bonchev–Trinajstić information content (AvgIpc) is 2.95. The minimum Gasteiger partial charge on any atom is -0.397 e. The van der Waals surface area contributed by atoms with Gasteiger partial charge in [-0.1, -0.05) is 11.6 Å². The molecule has 1 heterocycles. The first-order chi connectivity index (χ1) is 9.11. The van der Waals surface area contributed by atoms with E-state index in [1.165, 1.54) is 19.3 Å². The van der Waals surface area contributed by atoms with Crippen LogP contribution in [-0.4, -0.2) is 29.9 Å². The fraction of sp³-hybridized carbons (Fsp3) is 0.500. The molecule has 3 N–H and O–H groups in total. The zero-order chi connectivity index (χ0) is 13.4. The summed E-state index contributed by atoms with van der Waals surface area (Å²) < 4.78 is 0. The van der Waals surface area contributed by atoms with E-state index in [0.717, 1.165) is 12.5 Å². The lowest BCUT2D eigenvalue weighted by atomic mass is 10.1. The molecule has 0 aromatic heterocycles. The van der Waals surface area contributed by atoms with Crippen LogP contribution < -0.4 is 11.1 Å². The van der Waals surface area contributed by atoms with Gasteiger partial charge in [0.15, 0.2) is 0 Å². The van der Waals surface area contributed by atoms with Crippen molar-refractivity contribution in [3.8, 4) is 0 Å². The number of hydrogen-bond acceptors (Lipinski definition) is 3. The van der Waals surface area contributed by atoms with Crippen LogP contribution in [-0.2, 0) is 4.79 Å². The van der Waals surface area contributed by atoms with Gasteiger partial charge in [0, 0.05) is 17.6 Å². The van der Waals surface area contributed by atoms with Crippen molar-refractivity contribution in [3.05, 3.63) is 23.2 Å². The van der Waals surface area contributed by atoms with Gasteiger partial charge >= 0.3 is 0 Å². The number of nitrogens with zero attached hydrogens (tertiary/aromatic N) is 1. The van der Waals surface area contributed by atoms with E-state index in [9.17, 15) is 4.79 Å². The first-order valence-corrected chi connectivity index (χ1v) is 7.08. The number of hydrogen-bond donors (Lipinski definition) is 2. The van der Waals surface area contributed by atoms with Gasteiger partial charge in [0.25, 0.3) is 0 Å². The van der Waals surface area contributed by atoms with Crippen molar-refractivity contribution < 1.29 is 4.79 Å². The standard InChI is InChI=1S/C14H18ClN3O/c15-10-2-4-13(12(16)6-10)17-14(19)8-18-7-9-1-3-11(18)5-9/h2,4,6,9,11H,1,3,5,7-8,16H2,(H,17,19). The largest absolute Gasteiger partial charge is 0.397 e. The van der Waals surface area contributed by atoms with Gasteiger partial charge < -0.3 is 11.1 Å². The van der Waals surface area contributed by atoms with Gasteiger partial charge in [-0.2, -0.15) is 0 Å². The molecule has 1 aromatic rings. The number of benzene rings is 1. The minimum absolute atomic E-state index is 0.00146. The maximum atomic E-state index is 12.0. The Morgan fingerprint density at radius 1 is 1.47 bits per heavy atom. The van der Waals surface area contributed by atoms with E-state index in [2.05, 4.69) is 10.2 Å². The van der Waals surface area contributed by atoms with E-state index in [4.69, 9.17) is 17.3 Å². The Kier molecular flexibility index (Phi) is 3.37. The molecule has 2 atom stereocenters. The van der Waals surface area contributed by atoms with Crippen LogP contribution in [0, 0.1) is 5.92 Å². The van der Waals surface area contributed by atoms with E-state index in [1.54, 1.807) is 18.2 Å². The second-order valence-electron chi connectivity index (χ2n) is 5.54. The number of nitrogens with one attached hydrogen (secondary N) is 1. The molecule has 1 amide bonds. The Morgan fingerprint density at radius 3 is 2.95 bits per heavy atom. The zero-order valence-corrected chi connectivity index (χ0v) is 11.5. The van der Waals surface area contributed by atoms with Crippen LogP contribution in [0.5, 0.6) is 0 Å². The first-order valence-electron chi connectivity index (χ1n) is 6.71. The average molecular weight is 280 g/mol. The second-order valence-corrected chi connectivity index (χ2v) is 5.98. The number of carbonyl (C=O) groups excluding carboxylic acids is 1. The summed E-state index contributed by atoms with van der Waals surface area (Å²) in [5.74, 6) is 0.806. The molecule has 2 fully saturated rings. The Morgan fingerprint density at radius 2 is 2.32 bits per heavy atom. The fourth-order valence-corrected chi connectivity index (χ4v) is 3.42. The van der Waals surface area contributed by atoms with Crippen molar-refractivity contribution in [1.29, 1.82) is 0 Å². The number of fused-ring (bicyclic) bond motifs is 2. The van der Waals surface area contributed by atoms with Gasteiger partial charge in [-0.15, -0.1) is 0 Å². The maximum Gasteiger partial charge on any atom is 0.238 e. The van der Waals surface area contributed by atoms with Crippen molar-refractivity contribution in [2.45, 2.75) is 25.3 Å². The van der Waals surface area contributed by atoms with Gasteiger partial charge in [-0.05, 0) is 43.4 Å². The Hall–Kier alpha value is -1.26. The highest BCUT2D eigenvalue weighted by Gasteiger charge is 2.38. The predicted molar refractivity (Wildman–Crippen MR) is 77.2 cm³/mol. The van der Waals surface area contributed by atoms with Crippen LogP contribution in [0.4, 0.5) is 11.4 Å². The van der Waals surface area contributed by atoms with Crippen LogP contribution >= 0.6 is 11.6 Å². The van der Waals surface area contributed by atoms with Crippen LogP contribution in [0.15, 0.2) is 18.2 Å². The van der Waals surface area contributed by atoms with Gasteiger partial charge in [0.1, 0.15) is 0 Å². The molecule has 0 spiro atoms. The summed E-state index contributed by atoms with van der Waals surface area (Å²) in [4.78, 5) is 14.3. The third-order valence-corrected chi connectivity index (χ3v) is 4.39. The zero-order valence-electron chi connectivity index (χ0n) is 10.7. The molecule has 0 radical (unpaired) electrons. The fourth-order valence-electron chi connectivity index (χ4n) is 3.24. The van der Waals surface area contributed by atoms with Crippen LogP contribution in [0.1, 0.15) is 19.3 Å². The van der Waals surface area contributed by atoms with Crippen molar-refractivity contribution >= 4 is 28.9 Å². The monoisotopic (exact) mass is 279 g/mol. The van der Waals surface area contributed by atoms with E-state index >= 15 is 0 Å². The topological polar surface area (TPSA) is 58.4 Å². The number of piperidine rings is 1. The predicted octanol–water partition coefficient (Wildman–Crippen LogP) is 2.35. The number of nitrogen functional groups attached to an aromatic ring is 1. The summed E-state index contributed by atoms with van der Waals surface area (Å²) in [5.41, 5.74) is 6.97. The molecule has 19 heavy (non-hydrogen) atoms. The molecular formula is C14H18ClN3O. The summed E-state index contributed by atoms with van der Waals surface area (Å²) in [5, 5.41) is 3.44. The molecule has 1 saturated heterocycles. The summed E-state index contributed by atoms with van der Waals surface area (Å²) in [7, 11) is 0. The first kappa shape index (κ1) is 12.8. The molecular weight excluding hydrogens is 262 g/mol. The third-order valence-electron chi connectivity index (χ3n) is 4.16. The summed E-state index contributed by atoms with van der Waals surface area (Å²) in [6.45, 7) is 1.53. The molecule has 2 bridgehead atoms. The SMILES string of the molecule is Nc1cc(Cl)ccc1NC(=O)CN1CC2CCC1C2. The number of halogens is 1. The van der Waals surface area contributed by atoms with Gasteiger partial charge in [-0.3, -0.25) is 9.69 Å². The van der Waals surface area contributed by atoms with E-state index in [1.807, 2.05) is 0 Å². The Bertz CT molecular complexity index is 505. The molecule has 5 heteroatoms. The van der Waals surface area contributed by atoms with Crippen molar-refractivity contribution in [1.82, 2.24) is 4.90 Å². The van der Waals surface area contributed by atoms with Gasteiger partial charge in [-0.25, -0.2) is 0 Å².